The predicted octanol–water partition coefficient (Wildman–Crippen LogP) is 3.66. The van der Waals surface area contributed by atoms with Crippen molar-refractivity contribution in [3.05, 3.63) is 69.9 Å². The zero-order chi connectivity index (χ0) is 15.5. The first-order chi connectivity index (χ1) is 10.6. The van der Waals surface area contributed by atoms with Crippen molar-refractivity contribution in [3.63, 3.8) is 0 Å². The van der Waals surface area contributed by atoms with Crippen LogP contribution in [0.4, 0.5) is 0 Å². The minimum Gasteiger partial charge on any atom is -0.465 e. The van der Waals surface area contributed by atoms with E-state index in [2.05, 4.69) is 0 Å². The molecule has 0 aliphatic rings. The standard InChI is InChI=1S/C16H9ClO5/c17-13-9-21-14-8-11(3-5-12(14)16(13)19)22-15(18)6-4-10-2-1-7-20-10/h1-9H/b6-4+. The Bertz CT molecular complexity index is 906. The first kappa shape index (κ1) is 14.2. The summed E-state index contributed by atoms with van der Waals surface area (Å²) in [6.45, 7) is 0. The SMILES string of the molecule is O=C(/C=C/c1ccco1)Oc1ccc2c(=O)c(Cl)coc2c1. The maximum Gasteiger partial charge on any atom is 0.336 e. The van der Waals surface area contributed by atoms with E-state index in [4.69, 9.17) is 25.2 Å². The van der Waals surface area contributed by atoms with E-state index in [-0.39, 0.29) is 21.8 Å². The number of rotatable bonds is 3. The number of hydrogen-bond acceptors (Lipinski definition) is 5. The summed E-state index contributed by atoms with van der Waals surface area (Å²) in [4.78, 5) is 23.5. The van der Waals surface area contributed by atoms with Gasteiger partial charge < -0.3 is 13.6 Å². The third-order valence-corrected chi connectivity index (χ3v) is 3.11. The highest BCUT2D eigenvalue weighted by Crippen LogP contribution is 2.20. The first-order valence-electron chi connectivity index (χ1n) is 6.28. The fourth-order valence-corrected chi connectivity index (χ4v) is 1.98. The number of carbonyl (C=O) groups is 1. The minimum atomic E-state index is -0.577. The molecule has 0 unspecified atom stereocenters. The third-order valence-electron chi connectivity index (χ3n) is 2.85. The predicted molar refractivity (Wildman–Crippen MR) is 80.9 cm³/mol. The summed E-state index contributed by atoms with van der Waals surface area (Å²) in [5.74, 6) is 0.218. The van der Waals surface area contributed by atoms with Crippen molar-refractivity contribution in [2.75, 3.05) is 0 Å². The Balaban J connectivity index is 1.81. The van der Waals surface area contributed by atoms with E-state index in [0.717, 1.165) is 6.26 Å². The smallest absolute Gasteiger partial charge is 0.336 e. The average Bonchev–Trinajstić information content (AvgIpc) is 3.02. The quantitative estimate of drug-likeness (QED) is 0.419. The monoisotopic (exact) mass is 316 g/mol. The number of hydrogen-bond donors (Lipinski definition) is 0. The topological polar surface area (TPSA) is 69.7 Å². The van der Waals surface area contributed by atoms with Gasteiger partial charge in [-0.25, -0.2) is 4.79 Å². The maximum absolute atomic E-state index is 11.8. The highest BCUT2D eigenvalue weighted by atomic mass is 35.5. The third kappa shape index (κ3) is 2.94. The van der Waals surface area contributed by atoms with Crippen molar-refractivity contribution in [3.8, 4) is 5.75 Å². The van der Waals surface area contributed by atoms with Crippen LogP contribution in [0.5, 0.6) is 5.75 Å². The van der Waals surface area contributed by atoms with Gasteiger partial charge in [0.1, 0.15) is 28.4 Å². The number of benzene rings is 1. The van der Waals surface area contributed by atoms with E-state index in [1.165, 1.54) is 36.6 Å². The summed E-state index contributed by atoms with van der Waals surface area (Å²) in [6, 6.07) is 7.85. The number of esters is 1. The Labute approximate surface area is 129 Å². The summed E-state index contributed by atoms with van der Waals surface area (Å²) in [6.07, 6.45) is 5.38. The molecule has 0 N–H and O–H groups in total. The molecule has 0 fully saturated rings. The lowest BCUT2D eigenvalue weighted by molar-refractivity contribution is -0.128. The van der Waals surface area contributed by atoms with Crippen molar-refractivity contribution in [2.24, 2.45) is 0 Å². The molecule has 5 nitrogen and oxygen atoms in total. The van der Waals surface area contributed by atoms with E-state index in [0.29, 0.717) is 11.1 Å². The molecule has 0 aliphatic carbocycles. The lowest BCUT2D eigenvalue weighted by Crippen LogP contribution is -2.05. The second kappa shape index (κ2) is 5.91. The van der Waals surface area contributed by atoms with Crippen molar-refractivity contribution in [2.45, 2.75) is 0 Å². The first-order valence-corrected chi connectivity index (χ1v) is 6.66. The highest BCUT2D eigenvalue weighted by Gasteiger charge is 2.08. The molecule has 0 radical (unpaired) electrons. The van der Waals surface area contributed by atoms with Gasteiger partial charge in [0.05, 0.1) is 11.6 Å². The van der Waals surface area contributed by atoms with Gasteiger partial charge in [-0.15, -0.1) is 0 Å². The van der Waals surface area contributed by atoms with Crippen molar-refractivity contribution in [1.82, 2.24) is 0 Å². The molecular formula is C16H9ClO5. The molecule has 110 valence electrons. The highest BCUT2D eigenvalue weighted by molar-refractivity contribution is 6.30. The molecule has 0 amide bonds. The van der Waals surface area contributed by atoms with E-state index in [9.17, 15) is 9.59 Å². The molecule has 3 rings (SSSR count). The van der Waals surface area contributed by atoms with E-state index < -0.39 is 5.97 Å². The van der Waals surface area contributed by atoms with Crippen LogP contribution in [0, 0.1) is 0 Å². The molecule has 0 atom stereocenters. The van der Waals surface area contributed by atoms with Gasteiger partial charge in [-0.1, -0.05) is 11.6 Å². The molecule has 22 heavy (non-hydrogen) atoms. The molecule has 0 spiro atoms. The zero-order valence-electron chi connectivity index (χ0n) is 11.1. The van der Waals surface area contributed by atoms with Crippen LogP contribution in [0.2, 0.25) is 5.02 Å². The van der Waals surface area contributed by atoms with Gasteiger partial charge >= 0.3 is 5.97 Å². The van der Waals surface area contributed by atoms with Crippen LogP contribution in [-0.2, 0) is 4.79 Å². The number of fused-ring (bicyclic) bond motifs is 1. The Morgan fingerprint density at radius 2 is 2.09 bits per heavy atom. The van der Waals surface area contributed by atoms with Crippen LogP contribution >= 0.6 is 11.6 Å². The normalized spacial score (nSPS) is 11.1. The summed E-state index contributed by atoms with van der Waals surface area (Å²) in [5, 5.41) is 0.317. The Kier molecular flexibility index (Phi) is 3.80. The zero-order valence-corrected chi connectivity index (χ0v) is 11.9. The molecule has 0 saturated heterocycles. The van der Waals surface area contributed by atoms with Crippen LogP contribution in [0.25, 0.3) is 17.0 Å². The largest absolute Gasteiger partial charge is 0.465 e. The average molecular weight is 317 g/mol. The van der Waals surface area contributed by atoms with Gasteiger partial charge in [0.25, 0.3) is 0 Å². The van der Waals surface area contributed by atoms with Gasteiger partial charge in [0.15, 0.2) is 0 Å². The number of furan rings is 1. The molecule has 0 aliphatic heterocycles. The fraction of sp³-hybridized carbons (Fsp3) is 0. The van der Waals surface area contributed by atoms with Crippen LogP contribution < -0.4 is 10.2 Å². The summed E-state index contributed by atoms with van der Waals surface area (Å²) >= 11 is 5.69. The molecular weight excluding hydrogens is 308 g/mol. The maximum atomic E-state index is 11.8. The Morgan fingerprint density at radius 1 is 1.23 bits per heavy atom. The Hall–Kier alpha value is -2.79. The van der Waals surface area contributed by atoms with Gasteiger partial charge in [0, 0.05) is 12.1 Å². The molecule has 3 aromatic rings. The number of carbonyl (C=O) groups excluding carboxylic acids is 1. The molecule has 1 aromatic carbocycles. The summed E-state index contributed by atoms with van der Waals surface area (Å²) in [7, 11) is 0. The van der Waals surface area contributed by atoms with Gasteiger partial charge in [0.2, 0.25) is 5.43 Å². The second-order valence-corrected chi connectivity index (χ2v) is 4.75. The van der Waals surface area contributed by atoms with Crippen molar-refractivity contribution >= 4 is 34.6 Å². The lowest BCUT2D eigenvalue weighted by atomic mass is 10.2. The van der Waals surface area contributed by atoms with E-state index in [1.807, 2.05) is 0 Å². The van der Waals surface area contributed by atoms with Crippen LogP contribution in [0.1, 0.15) is 5.76 Å². The second-order valence-electron chi connectivity index (χ2n) is 4.34. The fourth-order valence-electron chi connectivity index (χ4n) is 1.84. The number of ether oxygens (including phenoxy) is 1. The molecule has 0 saturated carbocycles. The molecule has 2 heterocycles. The molecule has 2 aromatic heterocycles. The van der Waals surface area contributed by atoms with E-state index >= 15 is 0 Å². The van der Waals surface area contributed by atoms with E-state index in [1.54, 1.807) is 12.1 Å². The van der Waals surface area contributed by atoms with Gasteiger partial charge in [-0.3, -0.25) is 4.79 Å². The van der Waals surface area contributed by atoms with Gasteiger partial charge in [-0.05, 0) is 30.3 Å². The van der Waals surface area contributed by atoms with Gasteiger partial charge in [-0.2, -0.15) is 0 Å². The molecule has 0 bridgehead atoms. The Morgan fingerprint density at radius 3 is 2.86 bits per heavy atom. The number of halogens is 1. The minimum absolute atomic E-state index is 0.00127. The lowest BCUT2D eigenvalue weighted by Gasteiger charge is -2.02. The summed E-state index contributed by atoms with van der Waals surface area (Å²) in [5.41, 5.74) is -0.0479. The van der Waals surface area contributed by atoms with Crippen LogP contribution in [0.15, 0.2) is 62.6 Å². The van der Waals surface area contributed by atoms with Crippen molar-refractivity contribution < 1.29 is 18.4 Å². The van der Waals surface area contributed by atoms with Crippen LogP contribution in [-0.4, -0.2) is 5.97 Å². The summed E-state index contributed by atoms with van der Waals surface area (Å²) < 4.78 is 15.4. The van der Waals surface area contributed by atoms with Crippen molar-refractivity contribution in [1.29, 1.82) is 0 Å². The molecule has 6 heteroatoms. The van der Waals surface area contributed by atoms with Crippen LogP contribution in [0.3, 0.4) is 0 Å².